The molecule has 0 saturated heterocycles. The Morgan fingerprint density at radius 3 is 2.41 bits per heavy atom. The van der Waals surface area contributed by atoms with Gasteiger partial charge in [0.25, 0.3) is 0 Å². The van der Waals surface area contributed by atoms with Gasteiger partial charge in [-0.3, -0.25) is 0 Å². The van der Waals surface area contributed by atoms with Gasteiger partial charge in [0.15, 0.2) is 16.8 Å². The number of hydrogen-bond donors (Lipinski definition) is 0. The van der Waals surface area contributed by atoms with E-state index in [2.05, 4.69) is 9.97 Å². The molecule has 0 unspecified atom stereocenters. The van der Waals surface area contributed by atoms with Crippen molar-refractivity contribution in [3.05, 3.63) is 46.4 Å². The Balaban J connectivity index is 2.69. The molecule has 0 N–H and O–H groups in total. The molecule has 2 nitrogen and oxygen atoms in total. The third kappa shape index (κ3) is 2.13. The molecular formula is C12H9ClF2N2. The number of aromatic nitrogens is 2. The second-order valence-electron chi connectivity index (χ2n) is 3.64. The molecule has 0 bridgehead atoms. The van der Waals surface area contributed by atoms with Crippen molar-refractivity contribution >= 4 is 11.6 Å². The molecule has 0 atom stereocenters. The topological polar surface area (TPSA) is 25.8 Å². The van der Waals surface area contributed by atoms with Crippen LogP contribution < -0.4 is 0 Å². The highest BCUT2D eigenvalue weighted by Gasteiger charge is 2.15. The number of halogens is 3. The summed E-state index contributed by atoms with van der Waals surface area (Å²) in [5.41, 5.74) is 1.47. The Morgan fingerprint density at radius 1 is 1.06 bits per heavy atom. The minimum Gasteiger partial charge on any atom is -0.248 e. The second-order valence-corrected chi connectivity index (χ2v) is 3.99. The summed E-state index contributed by atoms with van der Waals surface area (Å²) in [7, 11) is 0. The molecule has 2 rings (SSSR count). The van der Waals surface area contributed by atoms with Crippen LogP contribution in [0.2, 0.25) is 5.15 Å². The van der Waals surface area contributed by atoms with E-state index in [4.69, 9.17) is 11.6 Å². The van der Waals surface area contributed by atoms with Gasteiger partial charge >= 0.3 is 0 Å². The van der Waals surface area contributed by atoms with E-state index < -0.39 is 11.6 Å². The predicted octanol–water partition coefficient (Wildman–Crippen LogP) is 3.69. The zero-order valence-corrected chi connectivity index (χ0v) is 10.0. The number of hydrogen-bond acceptors (Lipinski definition) is 2. The highest BCUT2D eigenvalue weighted by molar-refractivity contribution is 6.31. The smallest absolute Gasteiger partial charge is 0.168 e. The molecule has 2 aromatic rings. The molecular weight excluding hydrogens is 246 g/mol. The fourth-order valence-electron chi connectivity index (χ4n) is 1.43. The minimum atomic E-state index is -0.966. The first-order valence-electron chi connectivity index (χ1n) is 4.96. The first kappa shape index (κ1) is 11.9. The van der Waals surface area contributed by atoms with Gasteiger partial charge in [0.1, 0.15) is 5.69 Å². The monoisotopic (exact) mass is 254 g/mol. The molecule has 0 spiro atoms. The van der Waals surface area contributed by atoms with E-state index in [0.717, 1.165) is 6.07 Å². The normalized spacial score (nSPS) is 10.6. The van der Waals surface area contributed by atoms with E-state index in [0.29, 0.717) is 11.4 Å². The molecule has 1 heterocycles. The maximum Gasteiger partial charge on any atom is 0.168 e. The molecule has 5 heteroatoms. The lowest BCUT2D eigenvalue weighted by Crippen LogP contribution is -1.99. The van der Waals surface area contributed by atoms with E-state index in [1.807, 2.05) is 0 Å². The van der Waals surface area contributed by atoms with Crippen molar-refractivity contribution < 1.29 is 8.78 Å². The SMILES string of the molecule is Cc1nc(Cl)c(-c2cccc(F)c2F)nc1C. The Bertz CT molecular complexity index is 585. The Morgan fingerprint density at radius 2 is 1.71 bits per heavy atom. The first-order chi connectivity index (χ1) is 8.00. The lowest BCUT2D eigenvalue weighted by Gasteiger charge is -2.07. The number of aryl methyl sites for hydroxylation is 2. The van der Waals surface area contributed by atoms with Gasteiger partial charge in [-0.25, -0.2) is 18.7 Å². The largest absolute Gasteiger partial charge is 0.248 e. The molecule has 88 valence electrons. The molecule has 0 fully saturated rings. The van der Waals surface area contributed by atoms with Crippen molar-refractivity contribution in [1.82, 2.24) is 9.97 Å². The fourth-order valence-corrected chi connectivity index (χ4v) is 1.70. The van der Waals surface area contributed by atoms with Crippen molar-refractivity contribution in [3.8, 4) is 11.3 Å². The minimum absolute atomic E-state index is 0.0191. The Kier molecular flexibility index (Phi) is 3.07. The molecule has 1 aromatic heterocycles. The van der Waals surface area contributed by atoms with Crippen LogP contribution in [0.1, 0.15) is 11.4 Å². The summed E-state index contributed by atoms with van der Waals surface area (Å²) in [6.07, 6.45) is 0. The molecule has 1 aromatic carbocycles. The highest BCUT2D eigenvalue weighted by Crippen LogP contribution is 2.28. The Hall–Kier alpha value is -1.55. The summed E-state index contributed by atoms with van der Waals surface area (Å²) in [5.74, 6) is -1.90. The summed E-state index contributed by atoms with van der Waals surface area (Å²) >= 11 is 5.90. The van der Waals surface area contributed by atoms with Gasteiger partial charge in [-0.2, -0.15) is 0 Å². The van der Waals surface area contributed by atoms with Gasteiger partial charge in [-0.05, 0) is 26.0 Å². The summed E-state index contributed by atoms with van der Waals surface area (Å²) in [6.45, 7) is 3.49. The van der Waals surface area contributed by atoms with Crippen LogP contribution in [0.25, 0.3) is 11.3 Å². The first-order valence-corrected chi connectivity index (χ1v) is 5.33. The van der Waals surface area contributed by atoms with Crippen LogP contribution in [-0.2, 0) is 0 Å². The zero-order chi connectivity index (χ0) is 12.6. The van der Waals surface area contributed by atoms with Gasteiger partial charge in [0.05, 0.1) is 11.4 Å². The summed E-state index contributed by atoms with van der Waals surface area (Å²) in [4.78, 5) is 8.18. The Labute approximate surface area is 102 Å². The van der Waals surface area contributed by atoms with Crippen molar-refractivity contribution in [3.63, 3.8) is 0 Å². The van der Waals surface area contributed by atoms with Crippen LogP contribution in [0, 0.1) is 25.5 Å². The van der Waals surface area contributed by atoms with E-state index in [1.165, 1.54) is 12.1 Å². The van der Waals surface area contributed by atoms with Crippen LogP contribution in [0.15, 0.2) is 18.2 Å². The molecule has 0 aliphatic heterocycles. The lowest BCUT2D eigenvalue weighted by atomic mass is 10.1. The van der Waals surface area contributed by atoms with E-state index >= 15 is 0 Å². The quantitative estimate of drug-likeness (QED) is 0.776. The van der Waals surface area contributed by atoms with Crippen molar-refractivity contribution in [2.24, 2.45) is 0 Å². The van der Waals surface area contributed by atoms with Crippen LogP contribution in [-0.4, -0.2) is 9.97 Å². The predicted molar refractivity (Wildman–Crippen MR) is 61.9 cm³/mol. The van der Waals surface area contributed by atoms with E-state index in [1.54, 1.807) is 13.8 Å². The van der Waals surface area contributed by atoms with Crippen molar-refractivity contribution in [2.45, 2.75) is 13.8 Å². The van der Waals surface area contributed by atoms with E-state index in [-0.39, 0.29) is 16.4 Å². The van der Waals surface area contributed by atoms with Gasteiger partial charge < -0.3 is 0 Å². The second kappa shape index (κ2) is 4.37. The third-order valence-corrected chi connectivity index (χ3v) is 2.73. The van der Waals surface area contributed by atoms with Gasteiger partial charge in [0, 0.05) is 5.56 Å². The van der Waals surface area contributed by atoms with Crippen molar-refractivity contribution in [1.29, 1.82) is 0 Å². The van der Waals surface area contributed by atoms with Gasteiger partial charge in [0.2, 0.25) is 0 Å². The zero-order valence-electron chi connectivity index (χ0n) is 9.26. The van der Waals surface area contributed by atoms with Crippen LogP contribution in [0.5, 0.6) is 0 Å². The average molecular weight is 255 g/mol. The average Bonchev–Trinajstić information content (AvgIpc) is 2.28. The van der Waals surface area contributed by atoms with Crippen LogP contribution in [0.4, 0.5) is 8.78 Å². The molecule has 0 saturated carbocycles. The number of rotatable bonds is 1. The summed E-state index contributed by atoms with van der Waals surface area (Å²) in [6, 6.07) is 3.87. The number of nitrogens with zero attached hydrogens (tertiary/aromatic N) is 2. The maximum absolute atomic E-state index is 13.6. The molecule has 0 radical (unpaired) electrons. The molecule has 17 heavy (non-hydrogen) atoms. The fraction of sp³-hybridized carbons (Fsp3) is 0.167. The highest BCUT2D eigenvalue weighted by atomic mass is 35.5. The number of benzene rings is 1. The van der Waals surface area contributed by atoms with Crippen LogP contribution in [0.3, 0.4) is 0 Å². The standard InChI is InChI=1S/C12H9ClF2N2/c1-6-7(2)17-12(13)11(16-6)8-4-3-5-9(14)10(8)15/h3-5H,1-2H3. The van der Waals surface area contributed by atoms with Gasteiger partial charge in [-0.1, -0.05) is 17.7 Å². The maximum atomic E-state index is 13.6. The van der Waals surface area contributed by atoms with E-state index in [9.17, 15) is 8.78 Å². The van der Waals surface area contributed by atoms with Crippen molar-refractivity contribution in [2.75, 3.05) is 0 Å². The lowest BCUT2D eigenvalue weighted by molar-refractivity contribution is 0.511. The van der Waals surface area contributed by atoms with Gasteiger partial charge in [-0.15, -0.1) is 0 Å². The third-order valence-electron chi connectivity index (χ3n) is 2.47. The molecule has 0 amide bonds. The summed E-state index contributed by atoms with van der Waals surface area (Å²) < 4.78 is 26.7. The molecule has 0 aliphatic rings. The van der Waals surface area contributed by atoms with Crippen LogP contribution >= 0.6 is 11.6 Å². The molecule has 0 aliphatic carbocycles. The summed E-state index contributed by atoms with van der Waals surface area (Å²) in [5, 5.41) is 0.0672.